The first-order valence-electron chi connectivity index (χ1n) is 12.9. The van der Waals surface area contributed by atoms with Crippen molar-refractivity contribution >= 4 is 5.57 Å². The van der Waals surface area contributed by atoms with Crippen LogP contribution in [0.3, 0.4) is 0 Å². The maximum Gasteiger partial charge on any atom is 0.179 e. The monoisotopic (exact) mass is 436 g/mol. The van der Waals surface area contributed by atoms with Gasteiger partial charge in [0.1, 0.15) is 17.1 Å². The van der Waals surface area contributed by atoms with Crippen molar-refractivity contribution in [3.05, 3.63) is 28.8 Å². The SMILES string of the molecule is CCCCCOc1cc(CCCC2CCCC2)cc2c1C1=C(CCN(C#N)C1)C(C)(C)O2. The minimum atomic E-state index is -0.341. The van der Waals surface area contributed by atoms with E-state index in [0.717, 1.165) is 55.4 Å². The zero-order chi connectivity index (χ0) is 22.6. The van der Waals surface area contributed by atoms with Gasteiger partial charge < -0.3 is 14.4 Å². The van der Waals surface area contributed by atoms with Crippen molar-refractivity contribution in [1.82, 2.24) is 4.90 Å². The highest BCUT2D eigenvalue weighted by molar-refractivity contribution is 5.82. The van der Waals surface area contributed by atoms with Crippen LogP contribution >= 0.6 is 0 Å². The number of fused-ring (bicyclic) bond motifs is 2. The molecular weight excluding hydrogens is 396 g/mol. The number of rotatable bonds is 9. The number of unbranched alkanes of at least 4 members (excludes halogenated alkanes) is 2. The molecule has 0 spiro atoms. The molecule has 0 aromatic heterocycles. The van der Waals surface area contributed by atoms with Gasteiger partial charge in [-0.1, -0.05) is 51.9 Å². The summed E-state index contributed by atoms with van der Waals surface area (Å²) in [6.45, 7) is 8.71. The van der Waals surface area contributed by atoms with Gasteiger partial charge in [0.25, 0.3) is 0 Å². The number of nitriles is 1. The fourth-order valence-electron chi connectivity index (χ4n) is 5.79. The lowest BCUT2D eigenvalue weighted by molar-refractivity contribution is 0.133. The summed E-state index contributed by atoms with van der Waals surface area (Å²) in [5.41, 5.74) is 4.64. The van der Waals surface area contributed by atoms with E-state index < -0.39 is 0 Å². The summed E-state index contributed by atoms with van der Waals surface area (Å²) < 4.78 is 13.0. The molecule has 0 amide bonds. The van der Waals surface area contributed by atoms with Gasteiger partial charge in [-0.3, -0.25) is 0 Å². The molecule has 1 saturated carbocycles. The molecule has 0 radical (unpaired) electrons. The quantitative estimate of drug-likeness (QED) is 0.313. The average Bonchev–Trinajstić information content (AvgIpc) is 3.29. The van der Waals surface area contributed by atoms with E-state index in [2.05, 4.69) is 39.1 Å². The van der Waals surface area contributed by atoms with E-state index in [1.165, 1.54) is 68.1 Å². The topological polar surface area (TPSA) is 45.5 Å². The van der Waals surface area contributed by atoms with Crippen LogP contribution in [-0.4, -0.2) is 30.2 Å². The number of hydrogen-bond acceptors (Lipinski definition) is 4. The van der Waals surface area contributed by atoms with Gasteiger partial charge in [-0.2, -0.15) is 5.26 Å². The Kier molecular flexibility index (Phi) is 7.33. The Morgan fingerprint density at radius 2 is 2.00 bits per heavy atom. The molecule has 174 valence electrons. The lowest BCUT2D eigenvalue weighted by Crippen LogP contribution is -2.41. The Morgan fingerprint density at radius 1 is 1.19 bits per heavy atom. The van der Waals surface area contributed by atoms with Crippen LogP contribution in [0.15, 0.2) is 17.7 Å². The van der Waals surface area contributed by atoms with Crippen molar-refractivity contribution in [1.29, 1.82) is 5.26 Å². The maximum absolute atomic E-state index is 9.55. The van der Waals surface area contributed by atoms with Crippen LogP contribution < -0.4 is 9.47 Å². The molecule has 0 unspecified atom stereocenters. The zero-order valence-corrected chi connectivity index (χ0v) is 20.3. The van der Waals surface area contributed by atoms with Crippen molar-refractivity contribution in [2.24, 2.45) is 5.92 Å². The third-order valence-corrected chi connectivity index (χ3v) is 7.56. The number of nitrogens with zero attached hydrogens (tertiary/aromatic N) is 2. The molecule has 2 heterocycles. The second kappa shape index (κ2) is 10.2. The molecule has 0 N–H and O–H groups in total. The number of ether oxygens (including phenoxy) is 2. The first-order chi connectivity index (χ1) is 15.5. The maximum atomic E-state index is 9.55. The number of benzene rings is 1. The molecular formula is C28H40N2O2. The Bertz CT molecular complexity index is 874. The first kappa shape index (κ1) is 23.0. The summed E-state index contributed by atoms with van der Waals surface area (Å²) in [7, 11) is 0. The van der Waals surface area contributed by atoms with E-state index in [-0.39, 0.29) is 5.60 Å². The van der Waals surface area contributed by atoms with E-state index in [4.69, 9.17) is 9.47 Å². The van der Waals surface area contributed by atoms with Crippen LogP contribution in [0.1, 0.15) is 96.1 Å². The van der Waals surface area contributed by atoms with Crippen LogP contribution in [0, 0.1) is 17.4 Å². The molecule has 1 fully saturated rings. The average molecular weight is 437 g/mol. The highest BCUT2D eigenvalue weighted by atomic mass is 16.5. The summed E-state index contributed by atoms with van der Waals surface area (Å²) in [6.07, 6.45) is 16.0. The molecule has 0 saturated heterocycles. The predicted molar refractivity (Wildman–Crippen MR) is 130 cm³/mol. The molecule has 1 aromatic carbocycles. The minimum absolute atomic E-state index is 0.341. The van der Waals surface area contributed by atoms with Crippen molar-refractivity contribution in [2.45, 2.75) is 97.0 Å². The van der Waals surface area contributed by atoms with Crippen LogP contribution in [0.25, 0.3) is 5.57 Å². The van der Waals surface area contributed by atoms with Crippen LogP contribution in [0.5, 0.6) is 11.5 Å². The Hall–Kier alpha value is -2.15. The summed E-state index contributed by atoms with van der Waals surface area (Å²) >= 11 is 0. The van der Waals surface area contributed by atoms with Gasteiger partial charge >= 0.3 is 0 Å². The van der Waals surface area contributed by atoms with Crippen LogP contribution in [0.2, 0.25) is 0 Å². The van der Waals surface area contributed by atoms with Crippen molar-refractivity contribution < 1.29 is 9.47 Å². The minimum Gasteiger partial charge on any atom is -0.493 e. The summed E-state index contributed by atoms with van der Waals surface area (Å²) in [4.78, 5) is 1.86. The molecule has 2 aliphatic heterocycles. The second-order valence-electron chi connectivity index (χ2n) is 10.4. The largest absolute Gasteiger partial charge is 0.493 e. The highest BCUT2D eigenvalue weighted by Crippen LogP contribution is 2.48. The molecule has 0 bridgehead atoms. The van der Waals surface area contributed by atoms with Gasteiger partial charge in [0.15, 0.2) is 6.19 Å². The van der Waals surface area contributed by atoms with Gasteiger partial charge in [0.05, 0.1) is 18.7 Å². The first-order valence-corrected chi connectivity index (χ1v) is 12.9. The molecule has 0 atom stereocenters. The highest BCUT2D eigenvalue weighted by Gasteiger charge is 2.39. The molecule has 1 aliphatic carbocycles. The van der Waals surface area contributed by atoms with E-state index in [1.807, 2.05) is 4.90 Å². The smallest absolute Gasteiger partial charge is 0.179 e. The number of aryl methyl sites for hydroxylation is 1. The van der Waals surface area contributed by atoms with Gasteiger partial charge in [0.2, 0.25) is 0 Å². The standard InChI is InChI=1S/C28H40N2O2/c1-4-5-8-16-31-25-17-22(13-9-12-21-10-6-7-11-21)18-26-27(25)23-19-30(20-29)15-14-24(23)28(2,3)32-26/h17-18,21H,4-16,19H2,1-3H3. The van der Waals surface area contributed by atoms with Crippen LogP contribution in [-0.2, 0) is 6.42 Å². The predicted octanol–water partition coefficient (Wildman–Crippen LogP) is 6.88. The molecule has 4 heteroatoms. The number of hydrogen-bond donors (Lipinski definition) is 0. The summed E-state index contributed by atoms with van der Waals surface area (Å²) in [6, 6.07) is 4.51. The third kappa shape index (κ3) is 5.08. The third-order valence-electron chi connectivity index (χ3n) is 7.56. The second-order valence-corrected chi connectivity index (χ2v) is 10.4. The van der Waals surface area contributed by atoms with Crippen LogP contribution in [0.4, 0.5) is 0 Å². The Balaban J connectivity index is 1.62. The van der Waals surface area contributed by atoms with Gasteiger partial charge in [-0.25, -0.2) is 0 Å². The lowest BCUT2D eigenvalue weighted by Gasteiger charge is -2.41. The van der Waals surface area contributed by atoms with Gasteiger partial charge in [0, 0.05) is 6.54 Å². The van der Waals surface area contributed by atoms with E-state index in [9.17, 15) is 5.26 Å². The lowest BCUT2D eigenvalue weighted by atomic mass is 9.81. The molecule has 3 aliphatic rings. The van der Waals surface area contributed by atoms with Gasteiger partial charge in [-0.15, -0.1) is 0 Å². The fraction of sp³-hybridized carbons (Fsp3) is 0.679. The molecule has 4 rings (SSSR count). The Labute approximate surface area is 194 Å². The normalized spacial score (nSPS) is 19.9. The van der Waals surface area contributed by atoms with E-state index in [1.54, 1.807) is 0 Å². The summed E-state index contributed by atoms with van der Waals surface area (Å²) in [5.74, 6) is 2.83. The molecule has 32 heavy (non-hydrogen) atoms. The fourth-order valence-corrected chi connectivity index (χ4v) is 5.79. The van der Waals surface area contributed by atoms with E-state index >= 15 is 0 Å². The Morgan fingerprint density at radius 3 is 2.75 bits per heavy atom. The van der Waals surface area contributed by atoms with E-state index in [0.29, 0.717) is 6.54 Å². The zero-order valence-electron chi connectivity index (χ0n) is 20.3. The molecule has 1 aromatic rings. The van der Waals surface area contributed by atoms with Crippen molar-refractivity contribution in [3.63, 3.8) is 0 Å². The molecule has 4 nitrogen and oxygen atoms in total. The van der Waals surface area contributed by atoms with Gasteiger partial charge in [-0.05, 0) is 74.3 Å². The summed E-state index contributed by atoms with van der Waals surface area (Å²) in [5, 5.41) is 9.55. The van der Waals surface area contributed by atoms with Crippen molar-refractivity contribution in [3.8, 4) is 17.7 Å². The van der Waals surface area contributed by atoms with Crippen molar-refractivity contribution in [2.75, 3.05) is 19.7 Å².